The van der Waals surface area contributed by atoms with Gasteiger partial charge in [0.1, 0.15) is 11.3 Å². The molecule has 26 heavy (non-hydrogen) atoms. The van der Waals surface area contributed by atoms with Crippen LogP contribution < -0.4 is 10.6 Å². The Morgan fingerprint density at radius 3 is 2.50 bits per heavy atom. The summed E-state index contributed by atoms with van der Waals surface area (Å²) in [7, 11) is 1.59. The molecule has 3 rings (SSSR count). The average molecular weight is 348 g/mol. The van der Waals surface area contributed by atoms with Crippen molar-refractivity contribution in [2.45, 2.75) is 13.0 Å². The lowest BCUT2D eigenvalue weighted by molar-refractivity contribution is -0.117. The molecular weight excluding hydrogens is 328 g/mol. The summed E-state index contributed by atoms with van der Waals surface area (Å²) >= 11 is 0. The smallest absolute Gasteiger partial charge is 0.251 e. The summed E-state index contributed by atoms with van der Waals surface area (Å²) in [6.45, 7) is 1.88. The van der Waals surface area contributed by atoms with Crippen LogP contribution in [0.15, 0.2) is 65.1 Å². The van der Waals surface area contributed by atoms with Gasteiger partial charge in [-0.2, -0.15) is 0 Å². The Morgan fingerprint density at radius 2 is 1.81 bits per heavy atom. The molecule has 2 N–H and O–H groups in total. The van der Waals surface area contributed by atoms with Crippen LogP contribution in [0.25, 0.3) is 17.0 Å². The third kappa shape index (κ3) is 4.00. The van der Waals surface area contributed by atoms with E-state index in [0.717, 1.165) is 16.5 Å². The molecule has 1 heterocycles. The van der Waals surface area contributed by atoms with Crippen molar-refractivity contribution in [3.63, 3.8) is 0 Å². The second kappa shape index (κ2) is 7.70. The summed E-state index contributed by atoms with van der Waals surface area (Å²) in [5, 5.41) is 6.46. The number of fused-ring (bicyclic) bond motifs is 1. The number of para-hydroxylation sites is 1. The topological polar surface area (TPSA) is 71.3 Å². The Morgan fingerprint density at radius 1 is 1.08 bits per heavy atom. The molecule has 0 radical (unpaired) electrons. The highest BCUT2D eigenvalue weighted by molar-refractivity contribution is 5.95. The van der Waals surface area contributed by atoms with Crippen molar-refractivity contribution in [2.75, 3.05) is 7.05 Å². The second-order valence-corrected chi connectivity index (χ2v) is 5.95. The highest BCUT2D eigenvalue weighted by atomic mass is 16.3. The summed E-state index contributed by atoms with van der Waals surface area (Å²) < 4.78 is 5.76. The quantitative estimate of drug-likeness (QED) is 0.691. The van der Waals surface area contributed by atoms with Gasteiger partial charge in [0.05, 0.1) is 6.04 Å². The van der Waals surface area contributed by atoms with E-state index in [1.807, 2.05) is 37.3 Å². The van der Waals surface area contributed by atoms with Crippen LogP contribution in [-0.4, -0.2) is 18.9 Å². The van der Waals surface area contributed by atoms with E-state index >= 15 is 0 Å². The van der Waals surface area contributed by atoms with Gasteiger partial charge in [0, 0.05) is 24.1 Å². The molecule has 0 saturated heterocycles. The van der Waals surface area contributed by atoms with E-state index in [-0.39, 0.29) is 17.9 Å². The summed E-state index contributed by atoms with van der Waals surface area (Å²) in [6, 6.07) is 16.4. The first-order chi connectivity index (χ1) is 12.6. The number of benzene rings is 2. The molecule has 0 fully saturated rings. The Bertz CT molecular complexity index is 922. The molecule has 1 unspecified atom stereocenters. The molecule has 2 amide bonds. The van der Waals surface area contributed by atoms with Crippen LogP contribution >= 0.6 is 0 Å². The van der Waals surface area contributed by atoms with Crippen molar-refractivity contribution in [3.05, 3.63) is 77.6 Å². The third-order valence-electron chi connectivity index (χ3n) is 4.06. The van der Waals surface area contributed by atoms with Gasteiger partial charge in [-0.3, -0.25) is 9.59 Å². The van der Waals surface area contributed by atoms with Gasteiger partial charge >= 0.3 is 0 Å². The third-order valence-corrected chi connectivity index (χ3v) is 4.06. The predicted molar refractivity (Wildman–Crippen MR) is 102 cm³/mol. The Labute approximate surface area is 151 Å². The number of rotatable bonds is 5. The Kier molecular flexibility index (Phi) is 5.17. The number of furan rings is 1. The molecule has 5 nitrogen and oxygen atoms in total. The summed E-state index contributed by atoms with van der Waals surface area (Å²) in [5.41, 5.74) is 2.21. The van der Waals surface area contributed by atoms with Crippen molar-refractivity contribution < 1.29 is 14.0 Å². The number of carbonyl (C=O) groups is 2. The van der Waals surface area contributed by atoms with E-state index in [2.05, 4.69) is 10.6 Å². The van der Waals surface area contributed by atoms with Gasteiger partial charge in [-0.15, -0.1) is 0 Å². The molecule has 1 aromatic heterocycles. The molecule has 0 spiro atoms. The molecule has 132 valence electrons. The Balaban J connectivity index is 1.62. The van der Waals surface area contributed by atoms with E-state index in [1.165, 1.54) is 6.08 Å². The molecule has 5 heteroatoms. The van der Waals surface area contributed by atoms with Crippen molar-refractivity contribution in [1.82, 2.24) is 10.6 Å². The molecule has 3 aromatic rings. The van der Waals surface area contributed by atoms with Gasteiger partial charge in [0.2, 0.25) is 5.91 Å². The van der Waals surface area contributed by atoms with Gasteiger partial charge in [-0.25, -0.2) is 0 Å². The number of hydrogen-bond donors (Lipinski definition) is 2. The minimum Gasteiger partial charge on any atom is -0.459 e. The van der Waals surface area contributed by atoms with Gasteiger partial charge in [-0.1, -0.05) is 30.3 Å². The zero-order valence-corrected chi connectivity index (χ0v) is 14.7. The molecule has 0 aliphatic heterocycles. The summed E-state index contributed by atoms with van der Waals surface area (Å²) in [5.74, 6) is 0.356. The van der Waals surface area contributed by atoms with E-state index < -0.39 is 0 Å². The number of amides is 2. The van der Waals surface area contributed by atoms with Crippen LogP contribution in [0.2, 0.25) is 0 Å². The lowest BCUT2D eigenvalue weighted by Gasteiger charge is -2.09. The molecular formula is C21H20N2O3. The van der Waals surface area contributed by atoms with Gasteiger partial charge < -0.3 is 15.1 Å². The standard InChI is InChI=1S/C21H20N2O3/c1-14(19-13-17-5-3-4-6-18(17)26-19)23-20(24)12-9-15-7-10-16(11-8-15)21(25)22-2/h3-14H,1-2H3,(H,22,25)(H,23,24)/b12-9+. The molecule has 0 aliphatic rings. The molecule has 0 saturated carbocycles. The lowest BCUT2D eigenvalue weighted by atomic mass is 10.1. The molecule has 2 aromatic carbocycles. The number of hydrogen-bond acceptors (Lipinski definition) is 3. The van der Waals surface area contributed by atoms with Gasteiger partial charge in [0.15, 0.2) is 0 Å². The van der Waals surface area contributed by atoms with E-state index in [0.29, 0.717) is 11.3 Å². The lowest BCUT2D eigenvalue weighted by Crippen LogP contribution is -2.24. The van der Waals surface area contributed by atoms with Crippen molar-refractivity contribution in [1.29, 1.82) is 0 Å². The van der Waals surface area contributed by atoms with Gasteiger partial charge in [0.25, 0.3) is 5.91 Å². The van der Waals surface area contributed by atoms with Gasteiger partial charge in [-0.05, 0) is 42.8 Å². The predicted octanol–water partition coefficient (Wildman–Crippen LogP) is 3.68. The molecule has 0 aliphatic carbocycles. The van der Waals surface area contributed by atoms with Crippen molar-refractivity contribution >= 4 is 28.9 Å². The maximum atomic E-state index is 12.1. The molecule has 1 atom stereocenters. The SMILES string of the molecule is CNC(=O)c1ccc(/C=C/C(=O)NC(C)c2cc3ccccc3o2)cc1. The minimum atomic E-state index is -0.241. The normalized spacial score (nSPS) is 12.2. The highest BCUT2D eigenvalue weighted by Crippen LogP contribution is 2.23. The van der Waals surface area contributed by atoms with Crippen LogP contribution in [0.4, 0.5) is 0 Å². The fourth-order valence-electron chi connectivity index (χ4n) is 2.61. The highest BCUT2D eigenvalue weighted by Gasteiger charge is 2.12. The number of nitrogens with one attached hydrogen (secondary N) is 2. The van der Waals surface area contributed by atoms with Crippen LogP contribution in [0.5, 0.6) is 0 Å². The maximum Gasteiger partial charge on any atom is 0.251 e. The first-order valence-electron chi connectivity index (χ1n) is 8.36. The number of carbonyl (C=O) groups excluding carboxylic acids is 2. The maximum absolute atomic E-state index is 12.1. The monoisotopic (exact) mass is 348 g/mol. The van der Waals surface area contributed by atoms with E-state index in [1.54, 1.807) is 37.4 Å². The van der Waals surface area contributed by atoms with Crippen LogP contribution in [0.3, 0.4) is 0 Å². The second-order valence-electron chi connectivity index (χ2n) is 5.95. The van der Waals surface area contributed by atoms with Crippen molar-refractivity contribution in [2.24, 2.45) is 0 Å². The fourth-order valence-corrected chi connectivity index (χ4v) is 2.61. The fraction of sp³-hybridized carbons (Fsp3) is 0.143. The van der Waals surface area contributed by atoms with E-state index in [9.17, 15) is 9.59 Å². The summed E-state index contributed by atoms with van der Waals surface area (Å²) in [4.78, 5) is 23.6. The summed E-state index contributed by atoms with van der Waals surface area (Å²) in [6.07, 6.45) is 3.17. The first kappa shape index (κ1) is 17.5. The van der Waals surface area contributed by atoms with Crippen molar-refractivity contribution in [3.8, 4) is 0 Å². The molecule has 0 bridgehead atoms. The van der Waals surface area contributed by atoms with E-state index in [4.69, 9.17) is 4.42 Å². The van der Waals surface area contributed by atoms with Crippen LogP contribution in [0, 0.1) is 0 Å². The zero-order chi connectivity index (χ0) is 18.5. The van der Waals surface area contributed by atoms with Crippen LogP contribution in [0.1, 0.15) is 34.6 Å². The zero-order valence-electron chi connectivity index (χ0n) is 14.7. The average Bonchev–Trinajstić information content (AvgIpc) is 3.10. The largest absolute Gasteiger partial charge is 0.459 e. The first-order valence-corrected chi connectivity index (χ1v) is 8.36. The minimum absolute atomic E-state index is 0.141. The van der Waals surface area contributed by atoms with Crippen LogP contribution in [-0.2, 0) is 4.79 Å². The Hall–Kier alpha value is -3.34.